The van der Waals surface area contributed by atoms with Crippen molar-refractivity contribution in [3.63, 3.8) is 0 Å². The van der Waals surface area contributed by atoms with Crippen molar-refractivity contribution >= 4 is 17.2 Å². The topological polar surface area (TPSA) is 71.2 Å². The molecule has 0 radical (unpaired) electrons. The fourth-order valence-electron chi connectivity index (χ4n) is 3.27. The largest absolute Gasteiger partial charge is 0.348 e. The van der Waals surface area contributed by atoms with E-state index in [1.54, 1.807) is 0 Å². The van der Waals surface area contributed by atoms with Crippen molar-refractivity contribution < 1.29 is 4.79 Å². The van der Waals surface area contributed by atoms with Gasteiger partial charge in [-0.05, 0) is 38.8 Å². The summed E-state index contributed by atoms with van der Waals surface area (Å²) in [6.07, 6.45) is 5.48. The van der Waals surface area contributed by atoms with Gasteiger partial charge in [-0.3, -0.25) is 4.79 Å². The van der Waals surface area contributed by atoms with E-state index in [0.29, 0.717) is 24.3 Å². The number of nitrogens with one attached hydrogen (secondary N) is 1. The van der Waals surface area contributed by atoms with Gasteiger partial charge in [-0.2, -0.15) is 0 Å². The molecule has 0 saturated carbocycles. The van der Waals surface area contributed by atoms with Crippen LogP contribution in [-0.4, -0.2) is 47.5 Å². The molecule has 110 valence electrons. The fourth-order valence-corrected chi connectivity index (χ4v) is 4.06. The van der Waals surface area contributed by atoms with Gasteiger partial charge >= 0.3 is 0 Å². The van der Waals surface area contributed by atoms with Crippen LogP contribution >= 0.6 is 11.3 Å². The third kappa shape index (κ3) is 3.02. The molecule has 20 heavy (non-hydrogen) atoms. The number of thiazole rings is 1. The minimum Gasteiger partial charge on any atom is -0.348 e. The molecular weight excluding hydrogens is 272 g/mol. The van der Waals surface area contributed by atoms with Crippen LogP contribution in [0.3, 0.4) is 0 Å². The Hall–Kier alpha value is -0.980. The zero-order valence-corrected chi connectivity index (χ0v) is 12.5. The Bertz CT molecular complexity index is 475. The molecule has 0 spiro atoms. The predicted molar refractivity (Wildman–Crippen MR) is 80.0 cm³/mol. The Morgan fingerprint density at radius 1 is 1.50 bits per heavy atom. The van der Waals surface area contributed by atoms with Gasteiger partial charge in [0, 0.05) is 30.4 Å². The van der Waals surface area contributed by atoms with E-state index in [1.807, 2.05) is 5.38 Å². The van der Waals surface area contributed by atoms with Crippen molar-refractivity contribution in [1.29, 1.82) is 0 Å². The molecule has 0 bridgehead atoms. The summed E-state index contributed by atoms with van der Waals surface area (Å²) in [7, 11) is 0. The summed E-state index contributed by atoms with van der Waals surface area (Å²) < 4.78 is 0. The Morgan fingerprint density at radius 3 is 3.25 bits per heavy atom. The van der Waals surface area contributed by atoms with E-state index in [4.69, 9.17) is 5.73 Å². The first kappa shape index (κ1) is 14.0. The molecule has 3 heterocycles. The Kier molecular flexibility index (Phi) is 4.33. The second kappa shape index (κ2) is 6.20. The van der Waals surface area contributed by atoms with Crippen LogP contribution in [0.25, 0.3) is 0 Å². The number of hydrogen-bond acceptors (Lipinski definition) is 5. The molecule has 3 N–H and O–H groups in total. The number of rotatable bonds is 4. The molecular formula is C14H22N4OS. The zero-order valence-electron chi connectivity index (χ0n) is 11.7. The van der Waals surface area contributed by atoms with E-state index < -0.39 is 0 Å². The monoisotopic (exact) mass is 294 g/mol. The minimum atomic E-state index is -0.0269. The maximum Gasteiger partial charge on any atom is 0.270 e. The average Bonchev–Trinajstić information content (AvgIpc) is 3.07. The van der Waals surface area contributed by atoms with Gasteiger partial charge in [-0.15, -0.1) is 11.3 Å². The van der Waals surface area contributed by atoms with Crippen molar-refractivity contribution in [2.75, 3.05) is 19.6 Å². The number of amides is 1. The summed E-state index contributed by atoms with van der Waals surface area (Å²) in [6.45, 7) is 2.93. The van der Waals surface area contributed by atoms with Crippen molar-refractivity contribution in [1.82, 2.24) is 15.2 Å². The number of carbonyl (C=O) groups is 1. The third-order valence-corrected chi connectivity index (χ3v) is 5.21. The first-order chi connectivity index (χ1) is 9.76. The van der Waals surface area contributed by atoms with Gasteiger partial charge in [-0.1, -0.05) is 0 Å². The average molecular weight is 294 g/mol. The van der Waals surface area contributed by atoms with Gasteiger partial charge in [0.25, 0.3) is 5.91 Å². The number of fused-ring (bicyclic) bond motifs is 1. The van der Waals surface area contributed by atoms with E-state index in [1.165, 1.54) is 30.7 Å². The molecule has 2 saturated heterocycles. The van der Waals surface area contributed by atoms with Crippen LogP contribution in [0.15, 0.2) is 5.38 Å². The van der Waals surface area contributed by atoms with E-state index in [-0.39, 0.29) is 5.91 Å². The second-order valence-corrected chi connectivity index (χ2v) is 6.63. The van der Waals surface area contributed by atoms with Gasteiger partial charge in [0.1, 0.15) is 5.69 Å². The van der Waals surface area contributed by atoms with Crippen LogP contribution in [0, 0.1) is 0 Å². The van der Waals surface area contributed by atoms with Crippen LogP contribution in [0.4, 0.5) is 0 Å². The van der Waals surface area contributed by atoms with Crippen molar-refractivity contribution in [3.8, 4) is 0 Å². The van der Waals surface area contributed by atoms with Crippen LogP contribution in [0.2, 0.25) is 0 Å². The van der Waals surface area contributed by atoms with Gasteiger partial charge in [0.15, 0.2) is 0 Å². The number of piperidine rings is 1. The highest BCUT2D eigenvalue weighted by Crippen LogP contribution is 2.27. The van der Waals surface area contributed by atoms with Crippen molar-refractivity contribution in [2.45, 2.75) is 44.2 Å². The van der Waals surface area contributed by atoms with Gasteiger partial charge in [0.05, 0.1) is 5.01 Å². The van der Waals surface area contributed by atoms with Gasteiger partial charge in [-0.25, -0.2) is 4.98 Å². The molecule has 3 rings (SSSR count). The molecule has 1 amide bonds. The molecule has 2 fully saturated rings. The normalized spacial score (nSPS) is 26.4. The van der Waals surface area contributed by atoms with Crippen LogP contribution < -0.4 is 11.1 Å². The molecule has 6 heteroatoms. The lowest BCUT2D eigenvalue weighted by Gasteiger charge is -2.35. The van der Waals surface area contributed by atoms with E-state index in [2.05, 4.69) is 15.2 Å². The molecule has 2 aliphatic heterocycles. The quantitative estimate of drug-likeness (QED) is 0.869. The highest BCUT2D eigenvalue weighted by Gasteiger charge is 2.32. The van der Waals surface area contributed by atoms with Crippen LogP contribution in [0.1, 0.15) is 41.2 Å². The van der Waals surface area contributed by atoms with Gasteiger partial charge < -0.3 is 16.0 Å². The Labute approximate surface area is 123 Å². The molecule has 1 aromatic rings. The second-order valence-electron chi connectivity index (χ2n) is 5.69. The summed E-state index contributed by atoms with van der Waals surface area (Å²) in [6, 6.07) is 0.985. The maximum atomic E-state index is 12.2. The van der Waals surface area contributed by atoms with E-state index >= 15 is 0 Å². The molecule has 1 aromatic heterocycles. The van der Waals surface area contributed by atoms with Crippen LogP contribution in [0.5, 0.6) is 0 Å². The third-order valence-electron chi connectivity index (χ3n) is 4.30. The summed E-state index contributed by atoms with van der Waals surface area (Å²) >= 11 is 1.52. The smallest absolute Gasteiger partial charge is 0.270 e. The Morgan fingerprint density at radius 2 is 2.40 bits per heavy atom. The lowest BCUT2D eigenvalue weighted by atomic mass is 9.97. The Balaban J connectivity index is 1.55. The molecule has 2 unspecified atom stereocenters. The fraction of sp³-hybridized carbons (Fsp3) is 0.714. The lowest BCUT2D eigenvalue weighted by molar-refractivity contribution is 0.0891. The maximum absolute atomic E-state index is 12.2. The number of hydrogen-bond donors (Lipinski definition) is 2. The molecule has 0 aromatic carbocycles. The van der Waals surface area contributed by atoms with E-state index in [9.17, 15) is 4.79 Å². The van der Waals surface area contributed by atoms with E-state index in [0.717, 1.165) is 30.8 Å². The standard InChI is InChI=1S/C14H22N4OS/c15-5-3-13-17-12(9-20-13)14(19)16-10-4-7-18-6-1-2-11(18)8-10/h9-11H,1-8,15H2,(H,16,19). The highest BCUT2D eigenvalue weighted by atomic mass is 32.1. The first-order valence-corrected chi connectivity index (χ1v) is 8.33. The number of nitrogens with zero attached hydrogens (tertiary/aromatic N) is 2. The molecule has 5 nitrogen and oxygen atoms in total. The van der Waals surface area contributed by atoms with Crippen LogP contribution in [-0.2, 0) is 6.42 Å². The van der Waals surface area contributed by atoms with Crippen molar-refractivity contribution in [3.05, 3.63) is 16.1 Å². The highest BCUT2D eigenvalue weighted by molar-refractivity contribution is 7.09. The molecule has 2 atom stereocenters. The number of aromatic nitrogens is 1. The zero-order chi connectivity index (χ0) is 13.9. The number of nitrogens with two attached hydrogens (primary N) is 1. The molecule has 2 aliphatic rings. The summed E-state index contributed by atoms with van der Waals surface area (Å²) in [4.78, 5) is 19.1. The number of carbonyl (C=O) groups excluding carboxylic acids is 1. The SMILES string of the molecule is NCCc1nc(C(=O)NC2CCN3CCCC3C2)cs1. The summed E-state index contributed by atoms with van der Waals surface area (Å²) in [5.74, 6) is -0.0269. The lowest BCUT2D eigenvalue weighted by Crippen LogP contribution is -2.47. The van der Waals surface area contributed by atoms with Gasteiger partial charge in [0.2, 0.25) is 0 Å². The predicted octanol–water partition coefficient (Wildman–Crippen LogP) is 1.00. The summed E-state index contributed by atoms with van der Waals surface area (Å²) in [5.41, 5.74) is 6.05. The minimum absolute atomic E-state index is 0.0269. The summed E-state index contributed by atoms with van der Waals surface area (Å²) in [5, 5.41) is 5.94. The molecule has 0 aliphatic carbocycles. The van der Waals surface area contributed by atoms with Crippen molar-refractivity contribution in [2.24, 2.45) is 5.73 Å². The first-order valence-electron chi connectivity index (χ1n) is 7.45.